The summed E-state index contributed by atoms with van der Waals surface area (Å²) in [5.74, 6) is -0.490. The summed E-state index contributed by atoms with van der Waals surface area (Å²) in [4.78, 5) is 10.5. The average molecular weight is 173 g/mol. The van der Waals surface area contributed by atoms with Crippen LogP contribution in [0.25, 0.3) is 0 Å². The van der Waals surface area contributed by atoms with Crippen LogP contribution < -0.4 is 5.32 Å². The van der Waals surface area contributed by atoms with E-state index in [9.17, 15) is 4.79 Å². The van der Waals surface area contributed by atoms with Gasteiger partial charge < -0.3 is 10.4 Å². The molecule has 0 amide bonds. The lowest BCUT2D eigenvalue weighted by Crippen LogP contribution is -2.38. The maximum atomic E-state index is 10.5. The molecule has 0 heterocycles. The van der Waals surface area contributed by atoms with Crippen LogP contribution >= 0.6 is 0 Å². The lowest BCUT2D eigenvalue weighted by Gasteiger charge is -2.18. The van der Waals surface area contributed by atoms with E-state index in [4.69, 9.17) is 5.11 Å². The minimum atomic E-state index is -0.737. The fourth-order valence-electron chi connectivity index (χ4n) is 0.812. The molecule has 0 aromatic carbocycles. The van der Waals surface area contributed by atoms with Crippen molar-refractivity contribution in [1.29, 1.82) is 0 Å². The summed E-state index contributed by atoms with van der Waals surface area (Å²) in [6.07, 6.45) is 0. The molecule has 12 heavy (non-hydrogen) atoms. The molecule has 0 bridgehead atoms. The van der Waals surface area contributed by atoms with Crippen LogP contribution in [0, 0.1) is 11.8 Å². The average Bonchev–Trinajstić information content (AvgIpc) is 1.98. The Balaban J connectivity index is 3.71. The molecule has 0 rings (SSSR count). The number of carbonyl (C=O) groups is 1. The molecule has 0 saturated heterocycles. The largest absolute Gasteiger partial charge is 0.481 e. The number of hydrogen-bond donors (Lipinski definition) is 2. The molecule has 0 aliphatic heterocycles. The first-order chi connectivity index (χ1) is 5.45. The molecular formula is C9H19NO2. The van der Waals surface area contributed by atoms with Crippen LogP contribution in [0.4, 0.5) is 0 Å². The maximum absolute atomic E-state index is 10.5. The van der Waals surface area contributed by atoms with Crippen LogP contribution in [-0.2, 0) is 4.79 Å². The van der Waals surface area contributed by atoms with Crippen molar-refractivity contribution in [3.8, 4) is 0 Å². The van der Waals surface area contributed by atoms with Crippen molar-refractivity contribution in [2.75, 3.05) is 6.54 Å². The lowest BCUT2D eigenvalue weighted by molar-refractivity contribution is -0.141. The molecule has 2 unspecified atom stereocenters. The first kappa shape index (κ1) is 11.4. The Morgan fingerprint density at radius 1 is 1.33 bits per heavy atom. The van der Waals surface area contributed by atoms with E-state index in [1.165, 1.54) is 0 Å². The van der Waals surface area contributed by atoms with Gasteiger partial charge in [-0.3, -0.25) is 4.79 Å². The van der Waals surface area contributed by atoms with Crippen molar-refractivity contribution in [3.05, 3.63) is 0 Å². The van der Waals surface area contributed by atoms with Gasteiger partial charge in [0.1, 0.15) is 0 Å². The van der Waals surface area contributed by atoms with Crippen LogP contribution in [0.15, 0.2) is 0 Å². The molecule has 0 saturated carbocycles. The van der Waals surface area contributed by atoms with E-state index in [2.05, 4.69) is 19.2 Å². The zero-order valence-electron chi connectivity index (χ0n) is 8.29. The van der Waals surface area contributed by atoms with Crippen LogP contribution in [0.5, 0.6) is 0 Å². The highest BCUT2D eigenvalue weighted by Crippen LogP contribution is 2.02. The van der Waals surface area contributed by atoms with Gasteiger partial charge in [-0.2, -0.15) is 0 Å². The van der Waals surface area contributed by atoms with Crippen LogP contribution in [-0.4, -0.2) is 23.7 Å². The van der Waals surface area contributed by atoms with Crippen molar-refractivity contribution in [3.63, 3.8) is 0 Å². The molecule has 72 valence electrons. The van der Waals surface area contributed by atoms with Crippen molar-refractivity contribution in [1.82, 2.24) is 5.32 Å². The summed E-state index contributed by atoms with van der Waals surface area (Å²) in [6, 6.07) is 0.0462. The van der Waals surface area contributed by atoms with Crippen LogP contribution in [0.3, 0.4) is 0 Å². The number of carboxylic acids is 1. The second-order valence-corrected chi connectivity index (χ2v) is 3.72. The van der Waals surface area contributed by atoms with Crippen molar-refractivity contribution in [2.24, 2.45) is 11.8 Å². The standard InChI is InChI=1S/C9H19NO2/c1-6(2)5-10-8(4)7(3)9(11)12/h6-8,10H,5H2,1-4H3,(H,11,12). The van der Waals surface area contributed by atoms with Crippen molar-refractivity contribution < 1.29 is 9.90 Å². The molecular weight excluding hydrogens is 154 g/mol. The lowest BCUT2D eigenvalue weighted by atomic mass is 10.0. The van der Waals surface area contributed by atoms with E-state index >= 15 is 0 Å². The van der Waals surface area contributed by atoms with Crippen LogP contribution in [0.1, 0.15) is 27.7 Å². The second kappa shape index (κ2) is 5.14. The van der Waals surface area contributed by atoms with E-state index in [1.54, 1.807) is 6.92 Å². The number of aliphatic carboxylic acids is 1. The minimum absolute atomic E-state index is 0.0462. The second-order valence-electron chi connectivity index (χ2n) is 3.72. The summed E-state index contributed by atoms with van der Waals surface area (Å²) in [5.41, 5.74) is 0. The van der Waals surface area contributed by atoms with Gasteiger partial charge in [0.15, 0.2) is 0 Å². The molecule has 2 N–H and O–H groups in total. The Morgan fingerprint density at radius 3 is 2.17 bits per heavy atom. The Morgan fingerprint density at radius 2 is 1.83 bits per heavy atom. The predicted molar refractivity (Wildman–Crippen MR) is 49.1 cm³/mol. The SMILES string of the molecule is CC(C)CNC(C)C(C)C(=O)O. The molecule has 0 aromatic heterocycles. The van der Waals surface area contributed by atoms with Crippen molar-refractivity contribution in [2.45, 2.75) is 33.7 Å². The highest BCUT2D eigenvalue weighted by molar-refractivity contribution is 5.70. The molecule has 0 aromatic rings. The summed E-state index contributed by atoms with van der Waals surface area (Å²) in [6.45, 7) is 8.70. The topological polar surface area (TPSA) is 49.3 Å². The number of rotatable bonds is 5. The Hall–Kier alpha value is -0.570. The van der Waals surface area contributed by atoms with Gasteiger partial charge in [0.05, 0.1) is 5.92 Å². The molecule has 0 aliphatic rings. The normalized spacial score (nSPS) is 16.1. The molecule has 0 fully saturated rings. The molecule has 0 radical (unpaired) electrons. The monoisotopic (exact) mass is 173 g/mol. The minimum Gasteiger partial charge on any atom is -0.481 e. The number of hydrogen-bond acceptors (Lipinski definition) is 2. The van der Waals surface area contributed by atoms with Gasteiger partial charge in [-0.15, -0.1) is 0 Å². The van der Waals surface area contributed by atoms with Gasteiger partial charge in [0.25, 0.3) is 0 Å². The third kappa shape index (κ3) is 4.34. The van der Waals surface area contributed by atoms with Gasteiger partial charge in [0, 0.05) is 6.04 Å². The summed E-state index contributed by atoms with van der Waals surface area (Å²) >= 11 is 0. The third-order valence-electron chi connectivity index (χ3n) is 1.99. The van der Waals surface area contributed by atoms with E-state index in [0.29, 0.717) is 5.92 Å². The number of carboxylic acid groups (broad SMARTS) is 1. The Kier molecular flexibility index (Phi) is 4.90. The molecule has 0 aliphatic carbocycles. The number of nitrogens with one attached hydrogen (secondary N) is 1. The molecule has 2 atom stereocenters. The van der Waals surface area contributed by atoms with E-state index in [1.807, 2.05) is 6.92 Å². The summed E-state index contributed by atoms with van der Waals surface area (Å²) in [7, 11) is 0. The van der Waals surface area contributed by atoms with Gasteiger partial charge in [0.2, 0.25) is 0 Å². The summed E-state index contributed by atoms with van der Waals surface area (Å²) < 4.78 is 0. The Bertz CT molecular complexity index is 145. The van der Waals surface area contributed by atoms with E-state index in [-0.39, 0.29) is 12.0 Å². The highest BCUT2D eigenvalue weighted by atomic mass is 16.4. The first-order valence-corrected chi connectivity index (χ1v) is 4.41. The van der Waals surface area contributed by atoms with E-state index < -0.39 is 5.97 Å². The predicted octanol–water partition coefficient (Wildman–Crippen LogP) is 1.34. The summed E-state index contributed by atoms with van der Waals surface area (Å²) in [5, 5.41) is 11.9. The quantitative estimate of drug-likeness (QED) is 0.659. The van der Waals surface area contributed by atoms with Gasteiger partial charge in [-0.05, 0) is 19.4 Å². The smallest absolute Gasteiger partial charge is 0.307 e. The first-order valence-electron chi connectivity index (χ1n) is 4.41. The van der Waals surface area contributed by atoms with Gasteiger partial charge in [-0.25, -0.2) is 0 Å². The zero-order valence-corrected chi connectivity index (χ0v) is 8.29. The fraction of sp³-hybridized carbons (Fsp3) is 0.889. The maximum Gasteiger partial charge on any atom is 0.307 e. The van der Waals surface area contributed by atoms with E-state index in [0.717, 1.165) is 6.54 Å². The third-order valence-corrected chi connectivity index (χ3v) is 1.99. The molecule has 3 nitrogen and oxygen atoms in total. The van der Waals surface area contributed by atoms with Crippen LogP contribution in [0.2, 0.25) is 0 Å². The zero-order chi connectivity index (χ0) is 9.72. The molecule has 3 heteroatoms. The Labute approximate surface area is 74.2 Å². The highest BCUT2D eigenvalue weighted by Gasteiger charge is 2.18. The molecule has 0 spiro atoms. The van der Waals surface area contributed by atoms with Crippen molar-refractivity contribution >= 4 is 5.97 Å². The van der Waals surface area contributed by atoms with Gasteiger partial charge >= 0.3 is 5.97 Å². The van der Waals surface area contributed by atoms with Gasteiger partial charge in [-0.1, -0.05) is 20.8 Å². The fourth-order valence-corrected chi connectivity index (χ4v) is 0.812.